The van der Waals surface area contributed by atoms with Gasteiger partial charge in [0, 0.05) is 5.38 Å². The Hall–Kier alpha value is -0.890. The Morgan fingerprint density at radius 3 is 2.35 bits per heavy atom. The summed E-state index contributed by atoms with van der Waals surface area (Å²) in [6.45, 7) is 2.88. The number of halogens is 1. The van der Waals surface area contributed by atoms with E-state index in [2.05, 4.69) is 6.92 Å². The van der Waals surface area contributed by atoms with E-state index in [1.165, 1.54) is 0 Å². The molecule has 0 bridgehead atoms. The molecule has 0 aromatic heterocycles. The summed E-state index contributed by atoms with van der Waals surface area (Å²) in [7, 11) is 1.66. The van der Waals surface area contributed by atoms with Crippen molar-refractivity contribution in [3.05, 3.63) is 24.3 Å². The van der Waals surface area contributed by atoms with Crippen molar-refractivity contribution in [2.45, 2.75) is 38.0 Å². The highest BCUT2D eigenvalue weighted by Crippen LogP contribution is 2.18. The number of ether oxygens (including phenoxy) is 2. The largest absolute Gasteiger partial charge is 0.497 e. The van der Waals surface area contributed by atoms with E-state index in [0.717, 1.165) is 43.8 Å². The molecule has 1 aromatic carbocycles. The lowest BCUT2D eigenvalue weighted by molar-refractivity contribution is 0.304. The first-order valence-corrected chi connectivity index (χ1v) is 6.60. The molecule has 0 saturated heterocycles. The SMILES string of the molecule is CCCC(Cl)CCCOc1ccc(OC)cc1. The molecule has 0 heterocycles. The predicted molar refractivity (Wildman–Crippen MR) is 72.3 cm³/mol. The van der Waals surface area contributed by atoms with Crippen LogP contribution in [0.3, 0.4) is 0 Å². The van der Waals surface area contributed by atoms with Gasteiger partial charge in [-0.3, -0.25) is 0 Å². The van der Waals surface area contributed by atoms with Crippen molar-refractivity contribution in [1.82, 2.24) is 0 Å². The van der Waals surface area contributed by atoms with Crippen LogP contribution in [0.4, 0.5) is 0 Å². The van der Waals surface area contributed by atoms with Crippen LogP contribution in [0.25, 0.3) is 0 Å². The summed E-state index contributed by atoms with van der Waals surface area (Å²) < 4.78 is 10.7. The molecule has 3 heteroatoms. The Morgan fingerprint density at radius 1 is 1.12 bits per heavy atom. The van der Waals surface area contributed by atoms with E-state index in [1.807, 2.05) is 24.3 Å². The lowest BCUT2D eigenvalue weighted by Gasteiger charge is -2.09. The van der Waals surface area contributed by atoms with Gasteiger partial charge in [-0.1, -0.05) is 13.3 Å². The Morgan fingerprint density at radius 2 is 1.76 bits per heavy atom. The highest BCUT2D eigenvalue weighted by Gasteiger charge is 2.02. The average Bonchev–Trinajstić information content (AvgIpc) is 2.36. The molecule has 1 aromatic rings. The first kappa shape index (κ1) is 14.2. The van der Waals surface area contributed by atoms with Crippen molar-refractivity contribution in [1.29, 1.82) is 0 Å². The highest BCUT2D eigenvalue weighted by atomic mass is 35.5. The van der Waals surface area contributed by atoms with Gasteiger partial charge >= 0.3 is 0 Å². The van der Waals surface area contributed by atoms with Crippen molar-refractivity contribution in [2.24, 2.45) is 0 Å². The lowest BCUT2D eigenvalue weighted by atomic mass is 10.1. The second-order valence-electron chi connectivity index (χ2n) is 4.05. The van der Waals surface area contributed by atoms with Gasteiger partial charge in [-0.2, -0.15) is 0 Å². The number of rotatable bonds is 8. The van der Waals surface area contributed by atoms with E-state index in [1.54, 1.807) is 7.11 Å². The van der Waals surface area contributed by atoms with E-state index in [4.69, 9.17) is 21.1 Å². The first-order chi connectivity index (χ1) is 8.26. The monoisotopic (exact) mass is 256 g/mol. The fraction of sp³-hybridized carbons (Fsp3) is 0.571. The molecular weight excluding hydrogens is 236 g/mol. The summed E-state index contributed by atoms with van der Waals surface area (Å²) >= 11 is 6.13. The number of alkyl halides is 1. The summed E-state index contributed by atoms with van der Waals surface area (Å²) in [5.74, 6) is 1.73. The second-order valence-corrected chi connectivity index (χ2v) is 4.67. The second kappa shape index (κ2) is 8.24. The molecule has 0 aliphatic rings. The van der Waals surface area contributed by atoms with Crippen molar-refractivity contribution in [2.75, 3.05) is 13.7 Å². The van der Waals surface area contributed by atoms with Gasteiger partial charge in [0.25, 0.3) is 0 Å². The van der Waals surface area contributed by atoms with Gasteiger partial charge in [-0.25, -0.2) is 0 Å². The molecule has 0 fully saturated rings. The quantitative estimate of drug-likeness (QED) is 0.511. The molecule has 0 aliphatic carbocycles. The fourth-order valence-electron chi connectivity index (χ4n) is 1.62. The summed E-state index contributed by atoms with van der Waals surface area (Å²) in [6, 6.07) is 7.64. The van der Waals surface area contributed by atoms with Crippen molar-refractivity contribution in [3.8, 4) is 11.5 Å². The topological polar surface area (TPSA) is 18.5 Å². The van der Waals surface area contributed by atoms with Crippen molar-refractivity contribution >= 4 is 11.6 Å². The van der Waals surface area contributed by atoms with Crippen LogP contribution < -0.4 is 9.47 Å². The molecule has 17 heavy (non-hydrogen) atoms. The van der Waals surface area contributed by atoms with Gasteiger partial charge in [0.15, 0.2) is 0 Å². The average molecular weight is 257 g/mol. The van der Waals surface area contributed by atoms with Crippen LogP contribution in [0.15, 0.2) is 24.3 Å². The van der Waals surface area contributed by atoms with E-state index in [0.29, 0.717) is 5.38 Å². The Labute approximate surface area is 109 Å². The maximum Gasteiger partial charge on any atom is 0.119 e. The van der Waals surface area contributed by atoms with Crippen LogP contribution in [0.1, 0.15) is 32.6 Å². The lowest BCUT2D eigenvalue weighted by Crippen LogP contribution is -2.03. The van der Waals surface area contributed by atoms with Gasteiger partial charge in [0.1, 0.15) is 11.5 Å². The van der Waals surface area contributed by atoms with E-state index >= 15 is 0 Å². The van der Waals surface area contributed by atoms with Crippen LogP contribution in [0, 0.1) is 0 Å². The molecule has 1 rings (SSSR count). The number of hydrogen-bond donors (Lipinski definition) is 0. The van der Waals surface area contributed by atoms with Crippen molar-refractivity contribution in [3.63, 3.8) is 0 Å². The zero-order valence-electron chi connectivity index (χ0n) is 10.6. The van der Waals surface area contributed by atoms with Crippen LogP contribution >= 0.6 is 11.6 Å². The minimum absolute atomic E-state index is 0.291. The van der Waals surface area contributed by atoms with Gasteiger partial charge in [-0.15, -0.1) is 11.6 Å². The van der Waals surface area contributed by atoms with E-state index < -0.39 is 0 Å². The first-order valence-electron chi connectivity index (χ1n) is 6.17. The third kappa shape index (κ3) is 5.83. The summed E-state index contributed by atoms with van der Waals surface area (Å²) in [5, 5.41) is 0.291. The Bertz CT molecular complexity index is 298. The summed E-state index contributed by atoms with van der Waals surface area (Å²) in [5.41, 5.74) is 0. The molecule has 2 nitrogen and oxygen atoms in total. The molecule has 0 spiro atoms. The zero-order valence-corrected chi connectivity index (χ0v) is 11.4. The molecule has 0 aliphatic heterocycles. The summed E-state index contributed by atoms with van der Waals surface area (Å²) in [6.07, 6.45) is 4.25. The van der Waals surface area contributed by atoms with Crippen LogP contribution in [0.5, 0.6) is 11.5 Å². The molecule has 0 amide bonds. The molecule has 0 saturated carbocycles. The minimum Gasteiger partial charge on any atom is -0.497 e. The standard InChI is InChI=1S/C14H21ClO2/c1-3-5-12(15)6-4-11-17-14-9-7-13(16-2)8-10-14/h7-10,12H,3-6,11H2,1-2H3. The smallest absolute Gasteiger partial charge is 0.119 e. The normalized spacial score (nSPS) is 12.2. The van der Waals surface area contributed by atoms with E-state index in [9.17, 15) is 0 Å². The summed E-state index contributed by atoms with van der Waals surface area (Å²) in [4.78, 5) is 0. The maximum absolute atomic E-state index is 6.13. The van der Waals surface area contributed by atoms with Crippen molar-refractivity contribution < 1.29 is 9.47 Å². The number of benzene rings is 1. The molecule has 1 unspecified atom stereocenters. The fourth-order valence-corrected chi connectivity index (χ4v) is 2.00. The van der Waals surface area contributed by atoms with Gasteiger partial charge in [0.2, 0.25) is 0 Å². The van der Waals surface area contributed by atoms with Crippen LogP contribution in [0.2, 0.25) is 0 Å². The third-order valence-corrected chi connectivity index (χ3v) is 3.03. The Balaban J connectivity index is 2.17. The van der Waals surface area contributed by atoms with Gasteiger partial charge < -0.3 is 9.47 Å². The maximum atomic E-state index is 6.13. The van der Waals surface area contributed by atoms with Gasteiger partial charge in [-0.05, 0) is 43.5 Å². The highest BCUT2D eigenvalue weighted by molar-refractivity contribution is 6.20. The predicted octanol–water partition coefficient (Wildman–Crippen LogP) is 4.26. The molecule has 0 radical (unpaired) electrons. The van der Waals surface area contributed by atoms with Crippen LogP contribution in [-0.2, 0) is 0 Å². The Kier molecular flexibility index (Phi) is 6.87. The third-order valence-electron chi connectivity index (χ3n) is 2.59. The zero-order chi connectivity index (χ0) is 12.5. The van der Waals surface area contributed by atoms with E-state index in [-0.39, 0.29) is 0 Å². The molecule has 1 atom stereocenters. The molecule has 0 N–H and O–H groups in total. The number of methoxy groups -OCH3 is 1. The van der Waals surface area contributed by atoms with Crippen LogP contribution in [-0.4, -0.2) is 19.1 Å². The minimum atomic E-state index is 0.291. The number of hydrogen-bond acceptors (Lipinski definition) is 2. The molecule has 96 valence electrons. The molecular formula is C14H21ClO2. The van der Waals surface area contributed by atoms with Gasteiger partial charge in [0.05, 0.1) is 13.7 Å².